The van der Waals surface area contributed by atoms with E-state index in [2.05, 4.69) is 102 Å². The highest BCUT2D eigenvalue weighted by molar-refractivity contribution is 6.10. The molecule has 0 atom stereocenters. The SMILES string of the molecule is c1ccc(-c2nc(-c3ccc4oc5ccccc5c4c3)nc(-c3cc4ccccc4cc3-n3c4ccccc4c4ccccc43)n2)cc1. The molecule has 10 rings (SSSR count). The summed E-state index contributed by atoms with van der Waals surface area (Å²) in [6.45, 7) is 0. The third-order valence-electron chi connectivity index (χ3n) is 9.23. The molecule has 0 saturated carbocycles. The molecule has 0 saturated heterocycles. The van der Waals surface area contributed by atoms with Crippen LogP contribution >= 0.6 is 0 Å². The highest BCUT2D eigenvalue weighted by Gasteiger charge is 2.20. The Labute approximate surface area is 275 Å². The molecule has 0 fully saturated rings. The summed E-state index contributed by atoms with van der Waals surface area (Å²) in [7, 11) is 0. The fourth-order valence-corrected chi connectivity index (χ4v) is 6.98. The van der Waals surface area contributed by atoms with Crippen molar-refractivity contribution in [2.24, 2.45) is 0 Å². The van der Waals surface area contributed by atoms with E-state index in [4.69, 9.17) is 19.4 Å². The van der Waals surface area contributed by atoms with Gasteiger partial charge in [-0.25, -0.2) is 15.0 Å². The van der Waals surface area contributed by atoms with Crippen molar-refractivity contribution in [1.82, 2.24) is 19.5 Å². The lowest BCUT2D eigenvalue weighted by Gasteiger charge is -2.16. The number of benzene rings is 7. The molecular weight excluding hydrogens is 589 g/mol. The Hall–Kier alpha value is -6.59. The maximum Gasteiger partial charge on any atom is 0.166 e. The topological polar surface area (TPSA) is 56.7 Å². The van der Waals surface area contributed by atoms with Gasteiger partial charge in [0.05, 0.1) is 16.7 Å². The molecule has 5 heteroatoms. The van der Waals surface area contributed by atoms with Crippen LogP contribution in [0.25, 0.3) is 94.4 Å². The second kappa shape index (κ2) is 10.5. The van der Waals surface area contributed by atoms with E-state index in [0.29, 0.717) is 17.5 Å². The van der Waals surface area contributed by atoms with E-state index in [1.807, 2.05) is 60.7 Å². The number of fused-ring (bicyclic) bond motifs is 7. The molecule has 7 aromatic carbocycles. The van der Waals surface area contributed by atoms with Gasteiger partial charge in [0, 0.05) is 38.2 Å². The summed E-state index contributed by atoms with van der Waals surface area (Å²) in [6.07, 6.45) is 0. The van der Waals surface area contributed by atoms with E-state index in [0.717, 1.165) is 66.1 Å². The Morgan fingerprint density at radius 2 is 0.958 bits per heavy atom. The minimum Gasteiger partial charge on any atom is -0.456 e. The van der Waals surface area contributed by atoms with Crippen LogP contribution in [0.2, 0.25) is 0 Å². The van der Waals surface area contributed by atoms with Gasteiger partial charge < -0.3 is 8.98 Å². The van der Waals surface area contributed by atoms with Gasteiger partial charge in [0.25, 0.3) is 0 Å². The number of aromatic nitrogens is 4. The molecular formula is C43H26N4O. The molecule has 224 valence electrons. The molecule has 3 heterocycles. The highest BCUT2D eigenvalue weighted by atomic mass is 16.3. The quantitative estimate of drug-likeness (QED) is 0.198. The van der Waals surface area contributed by atoms with Crippen molar-refractivity contribution in [3.05, 3.63) is 158 Å². The lowest BCUT2D eigenvalue weighted by molar-refractivity contribution is 0.669. The van der Waals surface area contributed by atoms with Gasteiger partial charge in [-0.1, -0.05) is 109 Å². The van der Waals surface area contributed by atoms with E-state index in [-0.39, 0.29) is 0 Å². The van der Waals surface area contributed by atoms with Crippen LogP contribution < -0.4 is 0 Å². The standard InChI is InChI=1S/C43H26N4O/c1-2-12-27(13-3-1)41-44-42(30-22-23-40-34(25-30)33-18-8-11-21-39(33)48-40)46-43(45-41)35-24-28-14-4-5-15-29(28)26-38(35)47-36-19-9-6-16-31(36)32-17-7-10-20-37(32)47/h1-26H. The molecule has 0 N–H and O–H groups in total. The van der Waals surface area contributed by atoms with E-state index < -0.39 is 0 Å². The van der Waals surface area contributed by atoms with Crippen molar-refractivity contribution in [1.29, 1.82) is 0 Å². The number of hydrogen-bond donors (Lipinski definition) is 0. The van der Waals surface area contributed by atoms with E-state index in [1.54, 1.807) is 0 Å². The third-order valence-corrected chi connectivity index (χ3v) is 9.23. The van der Waals surface area contributed by atoms with Gasteiger partial charge in [-0.2, -0.15) is 0 Å². The molecule has 0 unspecified atom stereocenters. The Morgan fingerprint density at radius 1 is 0.396 bits per heavy atom. The normalized spacial score (nSPS) is 11.8. The second-order valence-corrected chi connectivity index (χ2v) is 12.1. The zero-order chi connectivity index (χ0) is 31.6. The minimum atomic E-state index is 0.604. The fraction of sp³-hybridized carbons (Fsp3) is 0. The van der Waals surface area contributed by atoms with Crippen LogP contribution in [0, 0.1) is 0 Å². The van der Waals surface area contributed by atoms with Crippen molar-refractivity contribution in [2.45, 2.75) is 0 Å². The smallest absolute Gasteiger partial charge is 0.166 e. The van der Waals surface area contributed by atoms with Crippen molar-refractivity contribution >= 4 is 54.5 Å². The van der Waals surface area contributed by atoms with Crippen molar-refractivity contribution in [3.63, 3.8) is 0 Å². The van der Waals surface area contributed by atoms with Crippen LogP contribution in [-0.2, 0) is 0 Å². The second-order valence-electron chi connectivity index (χ2n) is 12.1. The van der Waals surface area contributed by atoms with Crippen LogP contribution in [-0.4, -0.2) is 19.5 Å². The minimum absolute atomic E-state index is 0.604. The lowest BCUT2D eigenvalue weighted by atomic mass is 10.0. The summed E-state index contributed by atoms with van der Waals surface area (Å²) in [6, 6.07) is 54.5. The summed E-state index contributed by atoms with van der Waals surface area (Å²) < 4.78 is 8.49. The molecule has 0 amide bonds. The highest BCUT2D eigenvalue weighted by Crippen LogP contribution is 2.39. The zero-order valence-electron chi connectivity index (χ0n) is 25.7. The molecule has 0 aliphatic heterocycles. The summed E-state index contributed by atoms with van der Waals surface area (Å²) in [5.41, 5.74) is 7.72. The predicted octanol–water partition coefficient (Wildman–Crippen LogP) is 11.0. The van der Waals surface area contributed by atoms with E-state index in [9.17, 15) is 0 Å². The first-order valence-corrected chi connectivity index (χ1v) is 16.0. The molecule has 0 aliphatic rings. The summed E-state index contributed by atoms with van der Waals surface area (Å²) in [4.78, 5) is 15.5. The fourth-order valence-electron chi connectivity index (χ4n) is 6.98. The summed E-state index contributed by atoms with van der Waals surface area (Å²) in [5.74, 6) is 1.83. The van der Waals surface area contributed by atoms with Crippen LogP contribution in [0.4, 0.5) is 0 Å². The molecule has 0 radical (unpaired) electrons. The van der Waals surface area contributed by atoms with Crippen LogP contribution in [0.15, 0.2) is 162 Å². The van der Waals surface area contributed by atoms with Crippen molar-refractivity contribution < 1.29 is 4.42 Å². The van der Waals surface area contributed by atoms with Crippen LogP contribution in [0.5, 0.6) is 0 Å². The van der Waals surface area contributed by atoms with Crippen LogP contribution in [0.1, 0.15) is 0 Å². The first-order chi connectivity index (χ1) is 23.8. The van der Waals surface area contributed by atoms with Gasteiger partial charge in [0.2, 0.25) is 0 Å². The zero-order valence-corrected chi connectivity index (χ0v) is 25.7. The van der Waals surface area contributed by atoms with Gasteiger partial charge in [-0.05, 0) is 59.3 Å². The maximum absolute atomic E-state index is 6.14. The van der Waals surface area contributed by atoms with Crippen molar-refractivity contribution in [3.8, 4) is 39.9 Å². The molecule has 3 aromatic heterocycles. The van der Waals surface area contributed by atoms with Gasteiger partial charge >= 0.3 is 0 Å². The Balaban J connectivity index is 1.28. The Morgan fingerprint density at radius 3 is 1.71 bits per heavy atom. The summed E-state index contributed by atoms with van der Waals surface area (Å²) in [5, 5.41) is 6.76. The van der Waals surface area contributed by atoms with Crippen molar-refractivity contribution in [2.75, 3.05) is 0 Å². The molecule has 0 bridgehead atoms. The van der Waals surface area contributed by atoms with Gasteiger partial charge in [-0.15, -0.1) is 0 Å². The average Bonchev–Trinajstić information content (AvgIpc) is 3.70. The first-order valence-electron chi connectivity index (χ1n) is 16.0. The monoisotopic (exact) mass is 614 g/mol. The van der Waals surface area contributed by atoms with Gasteiger partial charge in [-0.3, -0.25) is 0 Å². The number of hydrogen-bond acceptors (Lipinski definition) is 4. The number of rotatable bonds is 4. The first kappa shape index (κ1) is 26.6. The molecule has 0 aliphatic carbocycles. The van der Waals surface area contributed by atoms with Gasteiger partial charge in [0.15, 0.2) is 17.5 Å². The third kappa shape index (κ3) is 4.15. The van der Waals surface area contributed by atoms with E-state index >= 15 is 0 Å². The predicted molar refractivity (Wildman–Crippen MR) is 195 cm³/mol. The largest absolute Gasteiger partial charge is 0.456 e. The Bertz CT molecular complexity index is 2800. The average molecular weight is 615 g/mol. The van der Waals surface area contributed by atoms with E-state index in [1.165, 1.54) is 10.8 Å². The number of nitrogens with zero attached hydrogens (tertiary/aromatic N) is 4. The van der Waals surface area contributed by atoms with Gasteiger partial charge in [0.1, 0.15) is 11.2 Å². The molecule has 5 nitrogen and oxygen atoms in total. The Kier molecular flexibility index (Phi) is 5.81. The lowest BCUT2D eigenvalue weighted by Crippen LogP contribution is -2.04. The molecule has 10 aromatic rings. The van der Waals surface area contributed by atoms with Crippen LogP contribution in [0.3, 0.4) is 0 Å². The summed E-state index contributed by atoms with van der Waals surface area (Å²) >= 11 is 0. The number of furan rings is 1. The maximum atomic E-state index is 6.14. The number of para-hydroxylation sites is 3. The molecule has 0 spiro atoms. The molecule has 48 heavy (non-hydrogen) atoms.